The predicted octanol–water partition coefficient (Wildman–Crippen LogP) is 3.68. The van der Waals surface area contributed by atoms with Crippen LogP contribution in [0.25, 0.3) is 0 Å². The molecular formula is C16H13Br2NO3. The molecule has 1 amide bonds. The van der Waals surface area contributed by atoms with E-state index in [9.17, 15) is 9.59 Å². The molecule has 0 aromatic heterocycles. The summed E-state index contributed by atoms with van der Waals surface area (Å²) in [6.07, 6.45) is 0. The maximum absolute atomic E-state index is 11.8. The first-order chi connectivity index (χ1) is 10.5. The number of nitrogens with one attached hydrogen (secondary N) is 1. The van der Waals surface area contributed by atoms with Crippen LogP contribution in [-0.2, 0) is 16.1 Å². The van der Waals surface area contributed by atoms with Crippen molar-refractivity contribution in [2.24, 2.45) is 0 Å². The minimum Gasteiger partial charge on any atom is -0.460 e. The Kier molecular flexibility index (Phi) is 6.15. The van der Waals surface area contributed by atoms with Gasteiger partial charge in [-0.1, -0.05) is 44.0 Å². The molecule has 22 heavy (non-hydrogen) atoms. The lowest BCUT2D eigenvalue weighted by Gasteiger charge is -2.07. The molecule has 0 atom stereocenters. The van der Waals surface area contributed by atoms with Gasteiger partial charge in [0.1, 0.15) is 13.2 Å². The number of benzene rings is 2. The van der Waals surface area contributed by atoms with Crippen LogP contribution in [0.15, 0.2) is 57.5 Å². The molecule has 0 heterocycles. The van der Waals surface area contributed by atoms with E-state index in [1.54, 1.807) is 24.3 Å². The van der Waals surface area contributed by atoms with Crippen LogP contribution in [0.3, 0.4) is 0 Å². The van der Waals surface area contributed by atoms with Gasteiger partial charge in [-0.3, -0.25) is 9.59 Å². The Bertz CT molecular complexity index is 671. The largest absolute Gasteiger partial charge is 0.460 e. The molecule has 2 aromatic carbocycles. The minimum absolute atomic E-state index is 0.164. The lowest BCUT2D eigenvalue weighted by Crippen LogP contribution is -2.30. The first-order valence-electron chi connectivity index (χ1n) is 6.48. The van der Waals surface area contributed by atoms with Crippen LogP contribution < -0.4 is 5.32 Å². The van der Waals surface area contributed by atoms with Crippen LogP contribution in [-0.4, -0.2) is 18.4 Å². The average Bonchev–Trinajstić information content (AvgIpc) is 2.51. The van der Waals surface area contributed by atoms with Crippen molar-refractivity contribution < 1.29 is 14.3 Å². The second kappa shape index (κ2) is 8.10. The number of amides is 1. The smallest absolute Gasteiger partial charge is 0.325 e. The lowest BCUT2D eigenvalue weighted by atomic mass is 10.2. The zero-order valence-corrected chi connectivity index (χ0v) is 14.7. The topological polar surface area (TPSA) is 55.4 Å². The van der Waals surface area contributed by atoms with Crippen LogP contribution in [0.5, 0.6) is 0 Å². The lowest BCUT2D eigenvalue weighted by molar-refractivity contribution is -0.143. The van der Waals surface area contributed by atoms with Gasteiger partial charge in [-0.25, -0.2) is 0 Å². The molecule has 0 aliphatic carbocycles. The van der Waals surface area contributed by atoms with Gasteiger partial charge in [-0.05, 0) is 42.0 Å². The van der Waals surface area contributed by atoms with E-state index < -0.39 is 5.97 Å². The molecule has 0 saturated carbocycles. The molecule has 2 rings (SSSR count). The highest BCUT2D eigenvalue weighted by atomic mass is 79.9. The Morgan fingerprint density at radius 2 is 1.73 bits per heavy atom. The fourth-order valence-electron chi connectivity index (χ4n) is 1.70. The SMILES string of the molecule is O=C(CNC(=O)c1ccc(Br)cc1)OCc1cccc(Br)c1. The fraction of sp³-hybridized carbons (Fsp3) is 0.125. The molecule has 0 radical (unpaired) electrons. The van der Waals surface area contributed by atoms with Crippen molar-refractivity contribution in [2.45, 2.75) is 6.61 Å². The van der Waals surface area contributed by atoms with Gasteiger partial charge in [-0.2, -0.15) is 0 Å². The number of hydrogen-bond acceptors (Lipinski definition) is 3. The van der Waals surface area contributed by atoms with E-state index in [1.807, 2.05) is 24.3 Å². The molecule has 0 aliphatic rings. The summed E-state index contributed by atoms with van der Waals surface area (Å²) in [7, 11) is 0. The molecule has 2 aromatic rings. The molecular weight excluding hydrogens is 414 g/mol. The number of rotatable bonds is 5. The van der Waals surface area contributed by atoms with Crippen LogP contribution in [0.4, 0.5) is 0 Å². The maximum atomic E-state index is 11.8. The van der Waals surface area contributed by atoms with E-state index in [1.165, 1.54) is 0 Å². The quantitative estimate of drug-likeness (QED) is 0.742. The number of carbonyl (C=O) groups excluding carboxylic acids is 2. The van der Waals surface area contributed by atoms with E-state index in [0.29, 0.717) is 5.56 Å². The Balaban J connectivity index is 1.78. The summed E-state index contributed by atoms with van der Waals surface area (Å²) >= 11 is 6.64. The van der Waals surface area contributed by atoms with Gasteiger partial charge in [0.25, 0.3) is 5.91 Å². The van der Waals surface area contributed by atoms with Crippen molar-refractivity contribution in [2.75, 3.05) is 6.54 Å². The van der Waals surface area contributed by atoms with Crippen molar-refractivity contribution >= 4 is 43.7 Å². The summed E-state index contributed by atoms with van der Waals surface area (Å²) in [5.74, 6) is -0.794. The Labute approximate surface area is 145 Å². The zero-order valence-electron chi connectivity index (χ0n) is 11.5. The number of ether oxygens (including phenoxy) is 1. The van der Waals surface area contributed by atoms with Gasteiger partial charge in [0, 0.05) is 14.5 Å². The van der Waals surface area contributed by atoms with E-state index in [-0.39, 0.29) is 19.1 Å². The highest BCUT2D eigenvalue weighted by molar-refractivity contribution is 9.10. The zero-order chi connectivity index (χ0) is 15.9. The number of hydrogen-bond donors (Lipinski definition) is 1. The van der Waals surface area contributed by atoms with Crippen molar-refractivity contribution in [3.8, 4) is 0 Å². The van der Waals surface area contributed by atoms with E-state index in [2.05, 4.69) is 37.2 Å². The van der Waals surface area contributed by atoms with Gasteiger partial charge in [0.05, 0.1) is 0 Å². The molecule has 0 spiro atoms. The van der Waals surface area contributed by atoms with Crippen molar-refractivity contribution in [3.63, 3.8) is 0 Å². The summed E-state index contributed by atoms with van der Waals surface area (Å²) in [5.41, 5.74) is 1.37. The summed E-state index contributed by atoms with van der Waals surface area (Å²) in [6.45, 7) is 0.00925. The van der Waals surface area contributed by atoms with Crippen molar-refractivity contribution in [1.82, 2.24) is 5.32 Å². The fourth-order valence-corrected chi connectivity index (χ4v) is 2.41. The van der Waals surface area contributed by atoms with Gasteiger partial charge in [0.15, 0.2) is 0 Å². The van der Waals surface area contributed by atoms with Crippen LogP contribution in [0.2, 0.25) is 0 Å². The molecule has 1 N–H and O–H groups in total. The monoisotopic (exact) mass is 425 g/mol. The second-order valence-corrected chi connectivity index (χ2v) is 6.31. The number of halogens is 2. The Morgan fingerprint density at radius 3 is 2.41 bits per heavy atom. The van der Waals surface area contributed by atoms with Gasteiger partial charge in [-0.15, -0.1) is 0 Å². The predicted molar refractivity (Wildman–Crippen MR) is 90.4 cm³/mol. The van der Waals surface area contributed by atoms with Crippen LogP contribution in [0, 0.1) is 0 Å². The standard InChI is InChI=1S/C16H13Br2NO3/c17-13-6-4-12(5-7-13)16(21)19-9-15(20)22-10-11-2-1-3-14(18)8-11/h1-8H,9-10H2,(H,19,21). The first-order valence-corrected chi connectivity index (χ1v) is 8.07. The third-order valence-electron chi connectivity index (χ3n) is 2.79. The Morgan fingerprint density at radius 1 is 1.00 bits per heavy atom. The summed E-state index contributed by atoms with van der Waals surface area (Å²) in [6, 6.07) is 14.4. The average molecular weight is 427 g/mol. The first kappa shape index (κ1) is 16.7. The van der Waals surface area contributed by atoms with Crippen LogP contribution in [0.1, 0.15) is 15.9 Å². The van der Waals surface area contributed by atoms with Gasteiger partial charge in [0.2, 0.25) is 0 Å². The summed E-state index contributed by atoms with van der Waals surface area (Å²) in [5, 5.41) is 2.53. The third-order valence-corrected chi connectivity index (χ3v) is 3.81. The highest BCUT2D eigenvalue weighted by Gasteiger charge is 2.09. The molecule has 0 bridgehead atoms. The normalized spacial score (nSPS) is 10.1. The number of carbonyl (C=O) groups is 2. The Hall–Kier alpha value is -1.66. The van der Waals surface area contributed by atoms with E-state index in [4.69, 9.17) is 4.74 Å². The molecule has 4 nitrogen and oxygen atoms in total. The molecule has 0 aliphatic heterocycles. The molecule has 0 fully saturated rings. The molecule has 0 saturated heterocycles. The van der Waals surface area contributed by atoms with Gasteiger partial charge < -0.3 is 10.1 Å². The minimum atomic E-state index is -0.481. The van der Waals surface area contributed by atoms with Crippen LogP contribution >= 0.6 is 31.9 Å². The van der Waals surface area contributed by atoms with E-state index >= 15 is 0 Å². The third kappa shape index (κ3) is 5.27. The molecule has 6 heteroatoms. The second-order valence-electron chi connectivity index (χ2n) is 4.48. The summed E-state index contributed by atoms with van der Waals surface area (Å²) in [4.78, 5) is 23.5. The van der Waals surface area contributed by atoms with Gasteiger partial charge >= 0.3 is 5.97 Å². The summed E-state index contributed by atoms with van der Waals surface area (Å²) < 4.78 is 6.91. The van der Waals surface area contributed by atoms with Crippen molar-refractivity contribution in [1.29, 1.82) is 0 Å². The van der Waals surface area contributed by atoms with E-state index in [0.717, 1.165) is 14.5 Å². The number of esters is 1. The van der Waals surface area contributed by atoms with Crippen molar-refractivity contribution in [3.05, 3.63) is 68.6 Å². The highest BCUT2D eigenvalue weighted by Crippen LogP contribution is 2.12. The molecule has 114 valence electrons. The maximum Gasteiger partial charge on any atom is 0.325 e. The molecule has 0 unspecified atom stereocenters.